The summed E-state index contributed by atoms with van der Waals surface area (Å²) < 4.78 is 14.2. The van der Waals surface area contributed by atoms with Crippen molar-refractivity contribution in [1.29, 1.82) is 0 Å². The number of hydrogen-bond acceptors (Lipinski definition) is 2. The minimum atomic E-state index is -0.774. The molecular formula is C13H18N2OS2. The Labute approximate surface area is 115 Å². The molecule has 5 heteroatoms. The standard InChI is InChI=1S/C13H18N2OS2/c1-9-4-5-11-12(8-9)15(13(17)14-11)7-6-10(2)18(3)16/h4-5,8,10H,6-7H2,1-3H3,(H,14,17). The average Bonchev–Trinajstić information content (AvgIpc) is 2.61. The van der Waals surface area contributed by atoms with Gasteiger partial charge in [0, 0.05) is 28.9 Å². The highest BCUT2D eigenvalue weighted by atomic mass is 32.2. The highest BCUT2D eigenvalue weighted by Crippen LogP contribution is 2.17. The van der Waals surface area contributed by atoms with Gasteiger partial charge in [-0.3, -0.25) is 4.21 Å². The summed E-state index contributed by atoms with van der Waals surface area (Å²) in [7, 11) is -0.774. The topological polar surface area (TPSA) is 37.8 Å². The van der Waals surface area contributed by atoms with E-state index < -0.39 is 10.8 Å². The SMILES string of the molecule is Cc1ccc2[nH]c(=S)n(CCC(C)S(C)=O)c2c1. The number of benzene rings is 1. The normalized spacial score (nSPS) is 14.8. The van der Waals surface area contributed by atoms with Gasteiger partial charge in [0.15, 0.2) is 4.77 Å². The van der Waals surface area contributed by atoms with Gasteiger partial charge in [-0.1, -0.05) is 13.0 Å². The molecule has 0 radical (unpaired) electrons. The van der Waals surface area contributed by atoms with E-state index in [-0.39, 0.29) is 5.25 Å². The molecule has 1 heterocycles. The summed E-state index contributed by atoms with van der Waals surface area (Å²) in [5.41, 5.74) is 3.42. The molecule has 0 spiro atoms. The van der Waals surface area contributed by atoms with Gasteiger partial charge in [0.2, 0.25) is 0 Å². The lowest BCUT2D eigenvalue weighted by atomic mass is 10.2. The monoisotopic (exact) mass is 282 g/mol. The van der Waals surface area contributed by atoms with Crippen LogP contribution in [-0.2, 0) is 17.3 Å². The van der Waals surface area contributed by atoms with Gasteiger partial charge in [-0.15, -0.1) is 0 Å². The molecule has 0 fully saturated rings. The van der Waals surface area contributed by atoms with E-state index in [4.69, 9.17) is 12.2 Å². The van der Waals surface area contributed by atoms with Crippen LogP contribution in [0, 0.1) is 11.7 Å². The van der Waals surface area contributed by atoms with Gasteiger partial charge in [0.25, 0.3) is 0 Å². The maximum absolute atomic E-state index is 11.4. The molecule has 2 atom stereocenters. The maximum Gasteiger partial charge on any atom is 0.178 e. The number of aryl methyl sites for hydroxylation is 2. The van der Waals surface area contributed by atoms with Crippen LogP contribution in [0.3, 0.4) is 0 Å². The molecule has 1 aromatic heterocycles. The number of nitrogens with zero attached hydrogens (tertiary/aromatic N) is 1. The summed E-state index contributed by atoms with van der Waals surface area (Å²) in [5, 5.41) is 0.196. The van der Waals surface area contributed by atoms with Crippen molar-refractivity contribution in [3.05, 3.63) is 28.5 Å². The lowest BCUT2D eigenvalue weighted by Crippen LogP contribution is -2.12. The Morgan fingerprint density at radius 1 is 1.50 bits per heavy atom. The summed E-state index contributed by atoms with van der Waals surface area (Å²) >= 11 is 5.35. The lowest BCUT2D eigenvalue weighted by molar-refractivity contribution is 0.624. The fourth-order valence-corrected chi connectivity index (χ4v) is 2.70. The summed E-state index contributed by atoms with van der Waals surface area (Å²) in [6, 6.07) is 6.26. The largest absolute Gasteiger partial charge is 0.331 e. The summed E-state index contributed by atoms with van der Waals surface area (Å²) in [5.74, 6) is 0. The van der Waals surface area contributed by atoms with Gasteiger partial charge in [-0.25, -0.2) is 0 Å². The van der Waals surface area contributed by atoms with Gasteiger partial charge in [-0.05, 0) is 43.3 Å². The molecule has 98 valence electrons. The Kier molecular flexibility index (Phi) is 4.02. The summed E-state index contributed by atoms with van der Waals surface area (Å²) in [6.07, 6.45) is 2.63. The predicted molar refractivity (Wildman–Crippen MR) is 80.0 cm³/mol. The molecule has 2 rings (SSSR count). The Bertz CT molecular complexity index is 642. The number of nitrogens with one attached hydrogen (secondary N) is 1. The third-order valence-corrected chi connectivity index (χ3v) is 4.95. The molecule has 0 aliphatic rings. The van der Waals surface area contributed by atoms with E-state index in [0.717, 1.165) is 28.8 Å². The third kappa shape index (κ3) is 2.72. The highest BCUT2D eigenvalue weighted by molar-refractivity contribution is 7.84. The minimum absolute atomic E-state index is 0.196. The van der Waals surface area contributed by atoms with Gasteiger partial charge in [-0.2, -0.15) is 0 Å². The molecule has 0 aliphatic carbocycles. The van der Waals surface area contributed by atoms with E-state index in [0.29, 0.717) is 0 Å². The quantitative estimate of drug-likeness (QED) is 0.875. The number of hydrogen-bond donors (Lipinski definition) is 1. The molecule has 1 N–H and O–H groups in total. The number of H-pyrrole nitrogens is 1. The van der Waals surface area contributed by atoms with E-state index in [9.17, 15) is 4.21 Å². The van der Waals surface area contributed by atoms with Crippen molar-refractivity contribution in [1.82, 2.24) is 9.55 Å². The van der Waals surface area contributed by atoms with Crippen LogP contribution < -0.4 is 0 Å². The molecule has 1 aromatic carbocycles. The van der Waals surface area contributed by atoms with Crippen LogP contribution >= 0.6 is 12.2 Å². The number of rotatable bonds is 4. The molecule has 2 aromatic rings. The smallest absolute Gasteiger partial charge is 0.178 e. The fraction of sp³-hybridized carbons (Fsp3) is 0.462. The van der Waals surface area contributed by atoms with Crippen molar-refractivity contribution in [3.8, 4) is 0 Å². The fourth-order valence-electron chi connectivity index (χ4n) is 1.96. The van der Waals surface area contributed by atoms with Gasteiger partial charge < -0.3 is 9.55 Å². The number of fused-ring (bicyclic) bond motifs is 1. The molecule has 0 amide bonds. The van der Waals surface area contributed by atoms with Crippen molar-refractivity contribution in [2.75, 3.05) is 6.26 Å². The Hall–Kier alpha value is -0.940. The van der Waals surface area contributed by atoms with Gasteiger partial charge >= 0.3 is 0 Å². The molecular weight excluding hydrogens is 264 g/mol. The first-order chi connectivity index (χ1) is 8.49. The van der Waals surface area contributed by atoms with Crippen molar-refractivity contribution >= 4 is 34.1 Å². The zero-order valence-electron chi connectivity index (χ0n) is 10.9. The van der Waals surface area contributed by atoms with Gasteiger partial charge in [0.1, 0.15) is 0 Å². The first-order valence-electron chi connectivity index (χ1n) is 6.00. The van der Waals surface area contributed by atoms with Crippen molar-refractivity contribution in [3.63, 3.8) is 0 Å². The minimum Gasteiger partial charge on any atom is -0.331 e. The van der Waals surface area contributed by atoms with E-state index >= 15 is 0 Å². The summed E-state index contributed by atoms with van der Waals surface area (Å²) in [4.78, 5) is 3.21. The zero-order chi connectivity index (χ0) is 13.3. The molecule has 0 bridgehead atoms. The molecule has 2 unspecified atom stereocenters. The van der Waals surface area contributed by atoms with Gasteiger partial charge in [0.05, 0.1) is 11.0 Å². The second-order valence-corrected chi connectivity index (χ2v) is 6.89. The van der Waals surface area contributed by atoms with Crippen LogP contribution in [-0.4, -0.2) is 25.3 Å². The number of aromatic nitrogens is 2. The van der Waals surface area contributed by atoms with Crippen LogP contribution in [0.1, 0.15) is 18.9 Å². The maximum atomic E-state index is 11.4. The molecule has 3 nitrogen and oxygen atoms in total. The zero-order valence-corrected chi connectivity index (χ0v) is 12.5. The predicted octanol–water partition coefficient (Wildman–Crippen LogP) is 3.16. The first-order valence-corrected chi connectivity index (χ1v) is 8.03. The second kappa shape index (κ2) is 5.36. The van der Waals surface area contributed by atoms with E-state index in [1.807, 2.05) is 6.92 Å². The van der Waals surface area contributed by atoms with Crippen molar-refractivity contribution in [2.24, 2.45) is 0 Å². The molecule has 18 heavy (non-hydrogen) atoms. The van der Waals surface area contributed by atoms with E-state index in [1.54, 1.807) is 6.26 Å². The molecule has 0 saturated carbocycles. The Balaban J connectivity index is 2.32. The van der Waals surface area contributed by atoms with Crippen LogP contribution in [0.5, 0.6) is 0 Å². The van der Waals surface area contributed by atoms with E-state index in [1.165, 1.54) is 5.56 Å². The van der Waals surface area contributed by atoms with Crippen LogP contribution in [0.2, 0.25) is 0 Å². The summed E-state index contributed by atoms with van der Waals surface area (Å²) in [6.45, 7) is 4.90. The average molecular weight is 282 g/mol. The van der Waals surface area contributed by atoms with Crippen molar-refractivity contribution in [2.45, 2.75) is 32.1 Å². The number of imidazole rings is 1. The number of aromatic amines is 1. The van der Waals surface area contributed by atoms with Crippen LogP contribution in [0.15, 0.2) is 18.2 Å². The molecule has 0 aliphatic heterocycles. The lowest BCUT2D eigenvalue weighted by Gasteiger charge is -2.09. The van der Waals surface area contributed by atoms with E-state index in [2.05, 4.69) is 34.7 Å². The van der Waals surface area contributed by atoms with Crippen molar-refractivity contribution < 1.29 is 4.21 Å². The second-order valence-electron chi connectivity index (χ2n) is 4.70. The molecule has 0 saturated heterocycles. The Morgan fingerprint density at radius 3 is 2.89 bits per heavy atom. The third-order valence-electron chi connectivity index (χ3n) is 3.26. The van der Waals surface area contributed by atoms with Crippen LogP contribution in [0.25, 0.3) is 11.0 Å². The Morgan fingerprint density at radius 2 is 2.22 bits per heavy atom. The van der Waals surface area contributed by atoms with Crippen LogP contribution in [0.4, 0.5) is 0 Å². The highest BCUT2D eigenvalue weighted by Gasteiger charge is 2.09. The first kappa shape index (κ1) is 13.5.